The van der Waals surface area contributed by atoms with Crippen LogP contribution in [0.4, 0.5) is 5.69 Å². The van der Waals surface area contributed by atoms with Crippen molar-refractivity contribution >= 4 is 39.1 Å². The lowest BCUT2D eigenvalue weighted by Crippen LogP contribution is -1.91. The highest BCUT2D eigenvalue weighted by Crippen LogP contribution is 2.25. The number of halogens is 1. The van der Waals surface area contributed by atoms with Gasteiger partial charge in [-0.15, -0.1) is 0 Å². The van der Waals surface area contributed by atoms with Gasteiger partial charge in [-0.3, -0.25) is 4.98 Å². The van der Waals surface area contributed by atoms with E-state index >= 15 is 0 Å². The van der Waals surface area contributed by atoms with Gasteiger partial charge in [0.25, 0.3) is 0 Å². The SMILES string of the molecule is Cc1cc2ccc(N)c(I)c2cn1. The van der Waals surface area contributed by atoms with Crippen LogP contribution in [0.15, 0.2) is 24.4 Å². The van der Waals surface area contributed by atoms with E-state index in [9.17, 15) is 0 Å². The number of benzene rings is 1. The Kier molecular flexibility index (Phi) is 2.11. The van der Waals surface area contributed by atoms with Crippen LogP contribution in [-0.4, -0.2) is 4.98 Å². The molecule has 1 aromatic carbocycles. The summed E-state index contributed by atoms with van der Waals surface area (Å²) in [6, 6.07) is 6.03. The molecule has 2 aromatic rings. The van der Waals surface area contributed by atoms with Crippen molar-refractivity contribution in [2.24, 2.45) is 0 Å². The van der Waals surface area contributed by atoms with Gasteiger partial charge < -0.3 is 5.73 Å². The van der Waals surface area contributed by atoms with Crippen molar-refractivity contribution in [2.45, 2.75) is 6.92 Å². The van der Waals surface area contributed by atoms with E-state index in [1.807, 2.05) is 25.3 Å². The van der Waals surface area contributed by atoms with Crippen LogP contribution < -0.4 is 5.73 Å². The molecule has 1 aromatic heterocycles. The van der Waals surface area contributed by atoms with Gasteiger partial charge >= 0.3 is 0 Å². The fourth-order valence-electron chi connectivity index (χ4n) is 1.31. The zero-order valence-corrected chi connectivity index (χ0v) is 9.37. The van der Waals surface area contributed by atoms with Crippen molar-refractivity contribution in [1.82, 2.24) is 4.98 Å². The summed E-state index contributed by atoms with van der Waals surface area (Å²) in [4.78, 5) is 4.25. The van der Waals surface area contributed by atoms with Gasteiger partial charge in [0.05, 0.1) is 0 Å². The normalized spacial score (nSPS) is 10.6. The zero-order chi connectivity index (χ0) is 9.42. The average Bonchev–Trinajstić information content (AvgIpc) is 2.12. The first-order chi connectivity index (χ1) is 6.18. The summed E-state index contributed by atoms with van der Waals surface area (Å²) < 4.78 is 1.09. The fourth-order valence-corrected chi connectivity index (χ4v) is 1.94. The third-order valence-corrected chi connectivity index (χ3v) is 3.21. The predicted octanol–water partition coefficient (Wildman–Crippen LogP) is 2.73. The highest BCUT2D eigenvalue weighted by Gasteiger charge is 2.02. The number of fused-ring (bicyclic) bond motifs is 1. The van der Waals surface area contributed by atoms with E-state index in [1.165, 1.54) is 5.39 Å². The molecule has 66 valence electrons. The molecule has 0 amide bonds. The summed E-state index contributed by atoms with van der Waals surface area (Å²) in [5.74, 6) is 0. The Hall–Kier alpha value is -0.840. The van der Waals surface area contributed by atoms with Gasteiger partial charge in [-0.05, 0) is 47.0 Å². The number of anilines is 1. The minimum Gasteiger partial charge on any atom is -0.398 e. The minimum atomic E-state index is 0.818. The van der Waals surface area contributed by atoms with Crippen LogP contribution in [0.3, 0.4) is 0 Å². The van der Waals surface area contributed by atoms with Gasteiger partial charge in [-0.25, -0.2) is 0 Å². The van der Waals surface area contributed by atoms with E-state index in [0.29, 0.717) is 0 Å². The summed E-state index contributed by atoms with van der Waals surface area (Å²) in [7, 11) is 0. The lowest BCUT2D eigenvalue weighted by atomic mass is 10.1. The van der Waals surface area contributed by atoms with Crippen molar-refractivity contribution in [3.63, 3.8) is 0 Å². The first-order valence-electron chi connectivity index (χ1n) is 3.99. The van der Waals surface area contributed by atoms with E-state index in [-0.39, 0.29) is 0 Å². The number of aromatic nitrogens is 1. The molecular weight excluding hydrogens is 275 g/mol. The Morgan fingerprint density at radius 3 is 2.92 bits per heavy atom. The van der Waals surface area contributed by atoms with Crippen LogP contribution in [0, 0.1) is 10.5 Å². The number of pyridine rings is 1. The molecule has 0 unspecified atom stereocenters. The third-order valence-electron chi connectivity index (χ3n) is 2.01. The maximum atomic E-state index is 5.79. The third kappa shape index (κ3) is 1.48. The zero-order valence-electron chi connectivity index (χ0n) is 7.21. The molecule has 0 atom stereocenters. The number of nitrogens with zero attached hydrogens (tertiary/aromatic N) is 1. The van der Waals surface area contributed by atoms with E-state index in [0.717, 1.165) is 20.3 Å². The number of nitrogen functional groups attached to an aromatic ring is 1. The smallest absolute Gasteiger partial charge is 0.0456 e. The monoisotopic (exact) mass is 284 g/mol. The highest BCUT2D eigenvalue weighted by molar-refractivity contribution is 14.1. The summed E-state index contributed by atoms with van der Waals surface area (Å²) in [5, 5.41) is 2.33. The standard InChI is InChI=1S/C10H9IN2/c1-6-4-7-2-3-9(12)10(11)8(7)5-13-6/h2-5H,12H2,1H3. The van der Waals surface area contributed by atoms with Crippen molar-refractivity contribution in [3.8, 4) is 0 Å². The molecule has 3 heteroatoms. The maximum Gasteiger partial charge on any atom is 0.0456 e. The topological polar surface area (TPSA) is 38.9 Å². The van der Waals surface area contributed by atoms with Gasteiger partial charge in [0.15, 0.2) is 0 Å². The van der Waals surface area contributed by atoms with Crippen molar-refractivity contribution in [1.29, 1.82) is 0 Å². The molecule has 0 bridgehead atoms. The molecule has 0 fully saturated rings. The molecule has 2 N–H and O–H groups in total. The molecular formula is C10H9IN2. The van der Waals surface area contributed by atoms with Crippen LogP contribution in [0.1, 0.15) is 5.69 Å². The Morgan fingerprint density at radius 1 is 1.38 bits per heavy atom. The van der Waals surface area contributed by atoms with Gasteiger partial charge in [-0.2, -0.15) is 0 Å². The van der Waals surface area contributed by atoms with E-state index in [2.05, 4.69) is 33.6 Å². The van der Waals surface area contributed by atoms with E-state index in [1.54, 1.807) is 0 Å². The summed E-state index contributed by atoms with van der Waals surface area (Å²) >= 11 is 2.25. The van der Waals surface area contributed by atoms with E-state index in [4.69, 9.17) is 5.73 Å². The second-order valence-electron chi connectivity index (χ2n) is 3.02. The summed E-state index contributed by atoms with van der Waals surface area (Å²) in [5.41, 5.74) is 7.64. The molecule has 0 aliphatic rings. The number of hydrogen-bond acceptors (Lipinski definition) is 2. The molecule has 0 saturated heterocycles. The van der Waals surface area contributed by atoms with Gasteiger partial charge in [0, 0.05) is 26.5 Å². The summed E-state index contributed by atoms with van der Waals surface area (Å²) in [6.45, 7) is 1.99. The highest BCUT2D eigenvalue weighted by atomic mass is 127. The van der Waals surface area contributed by atoms with Gasteiger partial charge in [-0.1, -0.05) is 6.07 Å². The molecule has 0 saturated carbocycles. The molecule has 13 heavy (non-hydrogen) atoms. The second kappa shape index (κ2) is 3.14. The van der Waals surface area contributed by atoms with Crippen molar-refractivity contribution < 1.29 is 0 Å². The van der Waals surface area contributed by atoms with Crippen LogP contribution in [-0.2, 0) is 0 Å². The lowest BCUT2D eigenvalue weighted by Gasteiger charge is -2.03. The predicted molar refractivity (Wildman–Crippen MR) is 63.6 cm³/mol. The molecule has 0 aliphatic heterocycles. The number of rotatable bonds is 0. The molecule has 2 nitrogen and oxygen atoms in total. The Bertz CT molecular complexity index is 466. The number of nitrogens with two attached hydrogens (primary N) is 1. The van der Waals surface area contributed by atoms with Gasteiger partial charge in [0.1, 0.15) is 0 Å². The molecule has 0 spiro atoms. The molecule has 0 radical (unpaired) electrons. The Morgan fingerprint density at radius 2 is 2.15 bits per heavy atom. The lowest BCUT2D eigenvalue weighted by molar-refractivity contribution is 1.22. The number of aryl methyl sites for hydroxylation is 1. The average molecular weight is 284 g/mol. The van der Waals surface area contributed by atoms with Crippen LogP contribution in [0.5, 0.6) is 0 Å². The van der Waals surface area contributed by atoms with Gasteiger partial charge in [0.2, 0.25) is 0 Å². The quantitative estimate of drug-likeness (QED) is 0.596. The Labute approximate surface area is 90.3 Å². The molecule has 1 heterocycles. The van der Waals surface area contributed by atoms with Crippen molar-refractivity contribution in [3.05, 3.63) is 33.7 Å². The fraction of sp³-hybridized carbons (Fsp3) is 0.100. The summed E-state index contributed by atoms with van der Waals surface area (Å²) in [6.07, 6.45) is 1.88. The first kappa shape index (κ1) is 8.74. The molecule has 0 aliphatic carbocycles. The molecule has 2 rings (SSSR count). The minimum absolute atomic E-state index is 0.818. The number of hydrogen-bond donors (Lipinski definition) is 1. The largest absolute Gasteiger partial charge is 0.398 e. The van der Waals surface area contributed by atoms with Crippen LogP contribution >= 0.6 is 22.6 Å². The maximum absolute atomic E-state index is 5.79. The van der Waals surface area contributed by atoms with E-state index < -0.39 is 0 Å². The second-order valence-corrected chi connectivity index (χ2v) is 4.09. The van der Waals surface area contributed by atoms with Crippen molar-refractivity contribution in [2.75, 3.05) is 5.73 Å². The first-order valence-corrected chi connectivity index (χ1v) is 5.06. The Balaban J connectivity index is 2.87. The van der Waals surface area contributed by atoms with Crippen LogP contribution in [0.2, 0.25) is 0 Å². The van der Waals surface area contributed by atoms with Crippen LogP contribution in [0.25, 0.3) is 10.8 Å².